The molecule has 15 heavy (non-hydrogen) atoms. The fourth-order valence-electron chi connectivity index (χ4n) is 1.08. The smallest absolute Gasteiger partial charge is 0.193 e. The normalized spacial score (nSPS) is 11.8. The van der Waals surface area contributed by atoms with Gasteiger partial charge in [-0.15, -0.1) is 5.10 Å². The molecule has 1 rings (SSSR count). The van der Waals surface area contributed by atoms with E-state index in [1.807, 2.05) is 0 Å². The summed E-state index contributed by atoms with van der Waals surface area (Å²) in [6.45, 7) is 9.12. The molecule has 1 heterocycles. The van der Waals surface area contributed by atoms with Gasteiger partial charge in [-0.05, 0) is 13.0 Å². The lowest BCUT2D eigenvalue weighted by Gasteiger charge is -2.15. The molecule has 0 aliphatic rings. The third kappa shape index (κ3) is 4.01. The van der Waals surface area contributed by atoms with Crippen LogP contribution in [0, 0.1) is 6.92 Å². The average Bonchev–Trinajstić information content (AvgIpc) is 2.44. The largest absolute Gasteiger partial charge is 0.395 e. The zero-order valence-electron chi connectivity index (χ0n) is 9.82. The molecule has 5 nitrogen and oxygen atoms in total. The van der Waals surface area contributed by atoms with Gasteiger partial charge in [0, 0.05) is 8.07 Å². The van der Waals surface area contributed by atoms with Gasteiger partial charge in [-0.3, -0.25) is 0 Å². The predicted molar refractivity (Wildman–Crippen MR) is 60.3 cm³/mol. The van der Waals surface area contributed by atoms with Crippen molar-refractivity contribution in [1.29, 1.82) is 0 Å². The van der Waals surface area contributed by atoms with E-state index >= 15 is 0 Å². The molecule has 0 saturated carbocycles. The average molecular weight is 229 g/mol. The molecule has 86 valence electrons. The van der Waals surface area contributed by atoms with Gasteiger partial charge < -0.3 is 9.94 Å². The van der Waals surface area contributed by atoms with Crippen LogP contribution in [0.1, 0.15) is 11.6 Å². The van der Waals surface area contributed by atoms with E-state index in [4.69, 9.17) is 9.94 Å². The number of aromatic nitrogens is 3. The van der Waals surface area contributed by atoms with Crippen LogP contribution in [0.15, 0.2) is 0 Å². The second-order valence-corrected chi connectivity index (χ2v) is 10.4. The predicted octanol–water partition coefficient (Wildman–Crippen LogP) is 0.846. The number of hydrogen-bond acceptors (Lipinski definition) is 4. The first-order valence-corrected chi connectivity index (χ1v) is 8.80. The maximum atomic E-state index is 9.00. The summed E-state index contributed by atoms with van der Waals surface area (Å²) in [6.07, 6.45) is 0. The number of aliphatic hydroxyl groups excluding tert-OH is 1. The SMILES string of the molecule is Cc1nc(CO)n(OCC[Si](C)(C)C)n1. The maximum Gasteiger partial charge on any atom is 0.193 e. The molecule has 0 bridgehead atoms. The molecule has 0 amide bonds. The minimum absolute atomic E-state index is 0.145. The highest BCUT2D eigenvalue weighted by Gasteiger charge is 2.14. The number of rotatable bonds is 5. The van der Waals surface area contributed by atoms with Crippen molar-refractivity contribution in [3.63, 3.8) is 0 Å². The van der Waals surface area contributed by atoms with E-state index in [9.17, 15) is 0 Å². The van der Waals surface area contributed by atoms with E-state index in [1.54, 1.807) is 6.92 Å². The van der Waals surface area contributed by atoms with Gasteiger partial charge >= 0.3 is 0 Å². The van der Waals surface area contributed by atoms with Crippen molar-refractivity contribution in [2.45, 2.75) is 39.2 Å². The Morgan fingerprint density at radius 2 is 2.07 bits per heavy atom. The quantitative estimate of drug-likeness (QED) is 0.760. The van der Waals surface area contributed by atoms with Gasteiger partial charge in [0.05, 0.1) is 0 Å². The van der Waals surface area contributed by atoms with Crippen LogP contribution in [0.5, 0.6) is 0 Å². The Kier molecular flexibility index (Phi) is 3.87. The number of aryl methyl sites for hydroxylation is 1. The minimum Gasteiger partial charge on any atom is -0.395 e. The van der Waals surface area contributed by atoms with Crippen LogP contribution in [0.2, 0.25) is 25.7 Å². The zero-order chi connectivity index (χ0) is 11.5. The lowest BCUT2D eigenvalue weighted by molar-refractivity contribution is 0.0733. The molecule has 0 aliphatic carbocycles. The lowest BCUT2D eigenvalue weighted by atomic mass is 10.6. The molecular formula is C9H19N3O2Si. The highest BCUT2D eigenvalue weighted by atomic mass is 28.3. The molecule has 6 heteroatoms. The fourth-order valence-corrected chi connectivity index (χ4v) is 1.78. The molecular weight excluding hydrogens is 210 g/mol. The first-order valence-electron chi connectivity index (χ1n) is 5.09. The van der Waals surface area contributed by atoms with Crippen LogP contribution in [0.3, 0.4) is 0 Å². The second kappa shape index (κ2) is 4.76. The molecule has 1 N–H and O–H groups in total. The summed E-state index contributed by atoms with van der Waals surface area (Å²) in [5.41, 5.74) is 0. The Hall–Kier alpha value is -0.883. The summed E-state index contributed by atoms with van der Waals surface area (Å²) in [5.74, 6) is 1.08. The van der Waals surface area contributed by atoms with Crippen LogP contribution < -0.4 is 4.84 Å². The molecule has 0 saturated heterocycles. The Morgan fingerprint density at radius 1 is 1.40 bits per heavy atom. The molecule has 0 unspecified atom stereocenters. The van der Waals surface area contributed by atoms with Gasteiger partial charge in [0.1, 0.15) is 13.2 Å². The van der Waals surface area contributed by atoms with Gasteiger partial charge in [0.15, 0.2) is 11.6 Å². The zero-order valence-corrected chi connectivity index (χ0v) is 10.8. The van der Waals surface area contributed by atoms with Gasteiger partial charge in [0.25, 0.3) is 0 Å². The van der Waals surface area contributed by atoms with Crippen molar-refractivity contribution >= 4 is 8.07 Å². The maximum absolute atomic E-state index is 9.00. The monoisotopic (exact) mass is 229 g/mol. The third-order valence-corrected chi connectivity index (χ3v) is 3.66. The topological polar surface area (TPSA) is 60.2 Å². The van der Waals surface area contributed by atoms with Crippen molar-refractivity contribution in [3.8, 4) is 0 Å². The van der Waals surface area contributed by atoms with Crippen LogP contribution >= 0.6 is 0 Å². The first-order chi connectivity index (χ1) is 6.92. The third-order valence-electron chi connectivity index (χ3n) is 1.95. The molecule has 0 radical (unpaired) electrons. The molecule has 0 spiro atoms. The summed E-state index contributed by atoms with van der Waals surface area (Å²) in [7, 11) is -1.08. The Labute approximate surface area is 91.1 Å². The van der Waals surface area contributed by atoms with Crippen LogP contribution in [-0.2, 0) is 6.61 Å². The second-order valence-electron chi connectivity index (χ2n) is 4.75. The highest BCUT2D eigenvalue weighted by molar-refractivity contribution is 6.76. The van der Waals surface area contributed by atoms with E-state index in [-0.39, 0.29) is 6.61 Å². The number of aliphatic hydroxyl groups is 1. The number of hydrogen-bond donors (Lipinski definition) is 1. The van der Waals surface area contributed by atoms with Gasteiger partial charge in [0.2, 0.25) is 0 Å². The van der Waals surface area contributed by atoms with Gasteiger partial charge in [-0.2, -0.15) is 0 Å². The molecule has 0 fully saturated rings. The molecule has 1 aromatic rings. The fraction of sp³-hybridized carbons (Fsp3) is 0.778. The summed E-state index contributed by atoms with van der Waals surface area (Å²) in [4.78, 5) is 10.8. The van der Waals surface area contributed by atoms with Crippen LogP contribution in [-0.4, -0.2) is 34.7 Å². The minimum atomic E-state index is -1.08. The van der Waals surface area contributed by atoms with Crippen LogP contribution in [0.4, 0.5) is 0 Å². The molecule has 0 aromatic carbocycles. The van der Waals surface area contributed by atoms with Crippen molar-refractivity contribution in [1.82, 2.24) is 14.9 Å². The standard InChI is InChI=1S/C9H19N3O2Si/c1-8-10-9(7-13)12(11-8)14-5-6-15(2,3)4/h13H,5-7H2,1-4H3. The molecule has 0 aliphatic heterocycles. The van der Waals surface area contributed by atoms with Gasteiger partial charge in [-0.25, -0.2) is 4.98 Å². The Balaban J connectivity index is 2.50. The van der Waals surface area contributed by atoms with Crippen molar-refractivity contribution in [2.24, 2.45) is 0 Å². The van der Waals surface area contributed by atoms with Gasteiger partial charge in [-0.1, -0.05) is 24.5 Å². The Bertz CT molecular complexity index is 320. The van der Waals surface area contributed by atoms with E-state index in [0.29, 0.717) is 18.3 Å². The highest BCUT2D eigenvalue weighted by Crippen LogP contribution is 2.06. The number of nitrogens with zero attached hydrogens (tertiary/aromatic N) is 3. The Morgan fingerprint density at radius 3 is 2.60 bits per heavy atom. The summed E-state index contributed by atoms with van der Waals surface area (Å²) >= 11 is 0. The van der Waals surface area contributed by atoms with Crippen molar-refractivity contribution in [2.75, 3.05) is 6.61 Å². The van der Waals surface area contributed by atoms with Crippen LogP contribution in [0.25, 0.3) is 0 Å². The van der Waals surface area contributed by atoms with Crippen molar-refractivity contribution in [3.05, 3.63) is 11.6 Å². The summed E-state index contributed by atoms with van der Waals surface area (Å²) in [6, 6.07) is 1.07. The van der Waals surface area contributed by atoms with E-state index < -0.39 is 8.07 Å². The lowest BCUT2D eigenvalue weighted by Crippen LogP contribution is -2.26. The van der Waals surface area contributed by atoms with E-state index in [1.165, 1.54) is 4.85 Å². The molecule has 1 aromatic heterocycles. The van der Waals surface area contributed by atoms with E-state index in [0.717, 1.165) is 6.04 Å². The van der Waals surface area contributed by atoms with E-state index in [2.05, 4.69) is 29.7 Å². The molecule has 0 atom stereocenters. The van der Waals surface area contributed by atoms with Crippen molar-refractivity contribution < 1.29 is 9.94 Å². The summed E-state index contributed by atoms with van der Waals surface area (Å²) in [5, 5.41) is 13.0. The first kappa shape index (κ1) is 12.2. The summed E-state index contributed by atoms with van der Waals surface area (Å²) < 4.78 is 0.